The van der Waals surface area contributed by atoms with Crippen LogP contribution < -0.4 is 4.90 Å². The Kier molecular flexibility index (Phi) is 5.12. The molecule has 5 heteroatoms. The van der Waals surface area contributed by atoms with Crippen molar-refractivity contribution in [1.29, 1.82) is 0 Å². The van der Waals surface area contributed by atoms with E-state index in [2.05, 4.69) is 11.9 Å². The summed E-state index contributed by atoms with van der Waals surface area (Å²) in [5.41, 5.74) is 2.90. The van der Waals surface area contributed by atoms with Crippen LogP contribution in [0.5, 0.6) is 0 Å². The Hall–Kier alpha value is -2.69. The molecule has 1 aromatic heterocycles. The topological polar surface area (TPSA) is 53.5 Å². The lowest BCUT2D eigenvalue weighted by Crippen LogP contribution is -2.34. The molecule has 1 aliphatic heterocycles. The van der Waals surface area contributed by atoms with Gasteiger partial charge in [0.1, 0.15) is 0 Å². The van der Waals surface area contributed by atoms with E-state index in [1.54, 1.807) is 23.0 Å². The fourth-order valence-corrected chi connectivity index (χ4v) is 3.30. The second kappa shape index (κ2) is 7.47. The summed E-state index contributed by atoms with van der Waals surface area (Å²) >= 11 is 0. The van der Waals surface area contributed by atoms with Crippen LogP contribution in [0.3, 0.4) is 0 Å². The molecule has 0 saturated carbocycles. The van der Waals surface area contributed by atoms with E-state index >= 15 is 0 Å². The summed E-state index contributed by atoms with van der Waals surface area (Å²) in [7, 11) is 1.77. The van der Waals surface area contributed by atoms with Crippen LogP contribution in [0.1, 0.15) is 24.6 Å². The number of aromatic nitrogens is 1. The molecule has 1 saturated heterocycles. The van der Waals surface area contributed by atoms with E-state index in [0.29, 0.717) is 13.1 Å². The lowest BCUT2D eigenvalue weighted by Gasteiger charge is -2.22. The zero-order valence-corrected chi connectivity index (χ0v) is 14.7. The molecule has 2 aromatic rings. The minimum absolute atomic E-state index is 0.00418. The second-order valence-corrected chi connectivity index (χ2v) is 6.40. The number of pyridine rings is 1. The quantitative estimate of drug-likeness (QED) is 0.843. The molecular weight excluding hydrogens is 314 g/mol. The van der Waals surface area contributed by atoms with Crippen molar-refractivity contribution < 1.29 is 9.59 Å². The summed E-state index contributed by atoms with van der Waals surface area (Å²) in [4.78, 5) is 32.9. The van der Waals surface area contributed by atoms with E-state index in [9.17, 15) is 9.59 Å². The molecule has 1 atom stereocenters. The summed E-state index contributed by atoms with van der Waals surface area (Å²) in [6.07, 6.45) is 2.84. The van der Waals surface area contributed by atoms with Crippen LogP contribution in [0.25, 0.3) is 0 Å². The number of anilines is 1. The molecule has 0 unspecified atom stereocenters. The Morgan fingerprint density at radius 3 is 2.72 bits per heavy atom. The molecule has 5 nitrogen and oxygen atoms in total. The third kappa shape index (κ3) is 3.71. The van der Waals surface area contributed by atoms with Gasteiger partial charge in [-0.25, -0.2) is 0 Å². The lowest BCUT2D eigenvalue weighted by molar-refractivity contribution is -0.135. The summed E-state index contributed by atoms with van der Waals surface area (Å²) in [5.74, 6) is -0.285. The first kappa shape index (κ1) is 17.1. The Balaban J connectivity index is 1.70. The SMILES string of the molecule is CCc1ccccc1N1C[C@H](C(=O)N(C)Cc2ccccn2)CC1=O. The molecule has 3 rings (SSSR count). The number of hydrogen-bond donors (Lipinski definition) is 0. The Bertz CT molecular complexity index is 761. The number of aryl methyl sites for hydroxylation is 1. The van der Waals surface area contributed by atoms with E-state index in [-0.39, 0.29) is 24.2 Å². The number of amides is 2. The molecule has 1 aliphatic rings. The molecule has 130 valence electrons. The Morgan fingerprint density at radius 2 is 2.00 bits per heavy atom. The van der Waals surface area contributed by atoms with Gasteiger partial charge in [-0.15, -0.1) is 0 Å². The normalized spacial score (nSPS) is 17.0. The van der Waals surface area contributed by atoms with Crippen molar-refractivity contribution in [3.05, 3.63) is 59.9 Å². The van der Waals surface area contributed by atoms with Crippen molar-refractivity contribution in [1.82, 2.24) is 9.88 Å². The van der Waals surface area contributed by atoms with E-state index < -0.39 is 0 Å². The van der Waals surface area contributed by atoms with Gasteiger partial charge in [0.15, 0.2) is 0 Å². The van der Waals surface area contributed by atoms with Crippen LogP contribution >= 0.6 is 0 Å². The highest BCUT2D eigenvalue weighted by atomic mass is 16.2. The fourth-order valence-electron chi connectivity index (χ4n) is 3.30. The maximum Gasteiger partial charge on any atom is 0.228 e. The van der Waals surface area contributed by atoms with E-state index in [1.807, 2.05) is 42.5 Å². The van der Waals surface area contributed by atoms with Gasteiger partial charge in [-0.3, -0.25) is 14.6 Å². The highest BCUT2D eigenvalue weighted by Gasteiger charge is 2.37. The molecule has 25 heavy (non-hydrogen) atoms. The second-order valence-electron chi connectivity index (χ2n) is 6.40. The minimum atomic E-state index is -0.300. The standard InChI is InChI=1S/C20H23N3O2/c1-3-15-8-4-5-10-18(15)23-13-16(12-19(23)24)20(25)22(2)14-17-9-6-7-11-21-17/h4-11,16H,3,12-14H2,1-2H3/t16-/m1/s1. The van der Waals surface area contributed by atoms with Crippen LogP contribution in [-0.4, -0.2) is 35.3 Å². The van der Waals surface area contributed by atoms with E-state index in [4.69, 9.17) is 0 Å². The molecule has 0 aliphatic carbocycles. The largest absolute Gasteiger partial charge is 0.340 e. The Morgan fingerprint density at radius 1 is 1.24 bits per heavy atom. The molecule has 2 amide bonds. The molecule has 0 spiro atoms. The third-order valence-electron chi connectivity index (χ3n) is 4.64. The van der Waals surface area contributed by atoms with Crippen LogP contribution in [0.4, 0.5) is 5.69 Å². The van der Waals surface area contributed by atoms with Gasteiger partial charge in [-0.2, -0.15) is 0 Å². The van der Waals surface area contributed by atoms with E-state index in [0.717, 1.165) is 23.4 Å². The predicted octanol–water partition coefficient (Wildman–Crippen LogP) is 2.66. The van der Waals surface area contributed by atoms with Crippen LogP contribution in [-0.2, 0) is 22.6 Å². The van der Waals surface area contributed by atoms with Gasteiger partial charge in [0.05, 0.1) is 18.2 Å². The molecule has 1 aromatic carbocycles. The summed E-state index contributed by atoms with van der Waals surface area (Å²) < 4.78 is 0. The van der Waals surface area contributed by atoms with Crippen molar-refractivity contribution in [3.8, 4) is 0 Å². The minimum Gasteiger partial charge on any atom is -0.340 e. The molecular formula is C20H23N3O2. The van der Waals surface area contributed by atoms with Gasteiger partial charge in [0, 0.05) is 31.9 Å². The summed E-state index contributed by atoms with van der Waals surface area (Å²) in [5, 5.41) is 0. The number of nitrogens with zero attached hydrogens (tertiary/aromatic N) is 3. The fraction of sp³-hybridized carbons (Fsp3) is 0.350. The number of carbonyl (C=O) groups excluding carboxylic acids is 2. The van der Waals surface area contributed by atoms with Gasteiger partial charge in [-0.1, -0.05) is 31.2 Å². The number of carbonyl (C=O) groups is 2. The number of benzene rings is 1. The monoisotopic (exact) mass is 337 g/mol. The average molecular weight is 337 g/mol. The van der Waals surface area contributed by atoms with Crippen molar-refractivity contribution >= 4 is 17.5 Å². The molecule has 2 heterocycles. The lowest BCUT2D eigenvalue weighted by atomic mass is 10.1. The first-order valence-corrected chi connectivity index (χ1v) is 8.63. The molecule has 0 bridgehead atoms. The number of hydrogen-bond acceptors (Lipinski definition) is 3. The smallest absolute Gasteiger partial charge is 0.228 e. The first-order chi connectivity index (χ1) is 12.1. The summed E-state index contributed by atoms with van der Waals surface area (Å²) in [6, 6.07) is 13.6. The van der Waals surface area contributed by atoms with Crippen LogP contribution in [0.15, 0.2) is 48.7 Å². The van der Waals surface area contributed by atoms with Gasteiger partial charge in [-0.05, 0) is 30.2 Å². The Labute approximate surface area is 148 Å². The molecule has 1 fully saturated rings. The predicted molar refractivity (Wildman–Crippen MR) is 97.0 cm³/mol. The van der Waals surface area contributed by atoms with Crippen LogP contribution in [0.2, 0.25) is 0 Å². The van der Waals surface area contributed by atoms with Crippen molar-refractivity contribution in [3.63, 3.8) is 0 Å². The van der Waals surface area contributed by atoms with Crippen molar-refractivity contribution in [2.45, 2.75) is 26.3 Å². The van der Waals surface area contributed by atoms with Gasteiger partial charge < -0.3 is 9.80 Å². The van der Waals surface area contributed by atoms with Crippen molar-refractivity contribution in [2.75, 3.05) is 18.5 Å². The summed E-state index contributed by atoms with van der Waals surface area (Å²) in [6.45, 7) is 2.97. The first-order valence-electron chi connectivity index (χ1n) is 8.63. The highest BCUT2D eigenvalue weighted by molar-refractivity contribution is 6.00. The highest BCUT2D eigenvalue weighted by Crippen LogP contribution is 2.29. The maximum atomic E-state index is 12.7. The maximum absolute atomic E-state index is 12.7. The zero-order valence-electron chi connectivity index (χ0n) is 14.7. The molecule has 0 radical (unpaired) electrons. The van der Waals surface area contributed by atoms with Gasteiger partial charge >= 0.3 is 0 Å². The molecule has 0 N–H and O–H groups in total. The van der Waals surface area contributed by atoms with Gasteiger partial charge in [0.25, 0.3) is 0 Å². The van der Waals surface area contributed by atoms with Crippen molar-refractivity contribution in [2.24, 2.45) is 5.92 Å². The number of para-hydroxylation sites is 1. The average Bonchev–Trinajstić information content (AvgIpc) is 3.03. The van der Waals surface area contributed by atoms with Crippen LogP contribution in [0, 0.1) is 5.92 Å². The number of rotatable bonds is 5. The third-order valence-corrected chi connectivity index (χ3v) is 4.64. The van der Waals surface area contributed by atoms with E-state index in [1.165, 1.54) is 0 Å². The zero-order chi connectivity index (χ0) is 17.8. The van der Waals surface area contributed by atoms with Gasteiger partial charge in [0.2, 0.25) is 11.8 Å².